The van der Waals surface area contributed by atoms with Gasteiger partial charge in [0.25, 0.3) is 0 Å². The van der Waals surface area contributed by atoms with Gasteiger partial charge in [0, 0.05) is 0 Å². The molecule has 0 atom stereocenters. The average molecular weight is 382 g/mol. The number of Topliss-reactive ketones (excluding diaryl/α,β-unsaturated/α-hetero) is 2. The summed E-state index contributed by atoms with van der Waals surface area (Å²) in [4.78, 5) is 25.7. The quantitative estimate of drug-likeness (QED) is 0.613. The van der Waals surface area contributed by atoms with Crippen LogP contribution in [0.15, 0.2) is 95.5 Å². The highest BCUT2D eigenvalue weighted by Gasteiger charge is 2.36. The number of aliphatic hydroxyl groups is 2. The highest BCUT2D eigenvalue weighted by molar-refractivity contribution is 6.39. The van der Waals surface area contributed by atoms with Crippen LogP contribution in [0.1, 0.15) is 18.1 Å². The Bertz CT molecular complexity index is 1240. The smallest absolute Gasteiger partial charge is 0.232 e. The van der Waals surface area contributed by atoms with Crippen LogP contribution in [0.4, 0.5) is 0 Å². The Labute approximate surface area is 167 Å². The number of rotatable bonds is 3. The van der Waals surface area contributed by atoms with E-state index in [9.17, 15) is 19.8 Å². The fourth-order valence-corrected chi connectivity index (χ4v) is 3.53. The fraction of sp³-hybridized carbons (Fsp3) is 0.0400. The molecule has 4 rings (SSSR count). The molecule has 0 unspecified atom stereocenters. The SMILES string of the molecule is C/C(=C/c1ccccc1)C1=C(O)C(=O)C(c2ccc3ccccc3c2)=C(O)C1=O. The molecule has 0 radical (unpaired) electrons. The summed E-state index contributed by atoms with van der Waals surface area (Å²) in [5.74, 6) is -2.84. The second-order valence-electron chi connectivity index (χ2n) is 6.91. The molecule has 0 amide bonds. The largest absolute Gasteiger partial charge is 0.504 e. The van der Waals surface area contributed by atoms with Gasteiger partial charge in [0.1, 0.15) is 0 Å². The molecule has 4 heteroatoms. The van der Waals surface area contributed by atoms with Crippen LogP contribution in [0.2, 0.25) is 0 Å². The molecular formula is C25H18O4. The second-order valence-corrected chi connectivity index (χ2v) is 6.91. The molecule has 0 saturated heterocycles. The molecule has 0 fully saturated rings. The third-order valence-electron chi connectivity index (χ3n) is 4.97. The minimum Gasteiger partial charge on any atom is -0.504 e. The molecule has 0 spiro atoms. The van der Waals surface area contributed by atoms with Gasteiger partial charge in [-0.25, -0.2) is 0 Å². The van der Waals surface area contributed by atoms with E-state index < -0.39 is 23.1 Å². The van der Waals surface area contributed by atoms with Gasteiger partial charge >= 0.3 is 0 Å². The summed E-state index contributed by atoms with van der Waals surface area (Å²) in [7, 11) is 0. The van der Waals surface area contributed by atoms with Crippen LogP contribution in [0, 0.1) is 0 Å². The minimum atomic E-state index is -0.770. The molecule has 0 saturated carbocycles. The van der Waals surface area contributed by atoms with Crippen molar-refractivity contribution in [1.29, 1.82) is 0 Å². The van der Waals surface area contributed by atoms with Crippen molar-refractivity contribution in [2.24, 2.45) is 0 Å². The van der Waals surface area contributed by atoms with Crippen molar-refractivity contribution in [3.63, 3.8) is 0 Å². The van der Waals surface area contributed by atoms with Crippen LogP contribution in [0.5, 0.6) is 0 Å². The van der Waals surface area contributed by atoms with Gasteiger partial charge < -0.3 is 10.2 Å². The Morgan fingerprint density at radius 2 is 1.41 bits per heavy atom. The Kier molecular flexibility index (Phi) is 4.61. The Morgan fingerprint density at radius 3 is 2.14 bits per heavy atom. The molecule has 1 aliphatic rings. The molecular weight excluding hydrogens is 364 g/mol. The molecule has 2 N–H and O–H groups in total. The Hall–Kier alpha value is -3.92. The third kappa shape index (κ3) is 3.25. The Balaban J connectivity index is 1.79. The molecule has 1 aliphatic carbocycles. The molecule has 0 aliphatic heterocycles. The topological polar surface area (TPSA) is 74.6 Å². The van der Waals surface area contributed by atoms with Crippen LogP contribution < -0.4 is 0 Å². The fourth-order valence-electron chi connectivity index (χ4n) is 3.53. The third-order valence-corrected chi connectivity index (χ3v) is 4.97. The zero-order valence-corrected chi connectivity index (χ0v) is 15.7. The molecule has 0 aromatic heterocycles. The van der Waals surface area contributed by atoms with E-state index in [-0.39, 0.29) is 11.1 Å². The van der Waals surface area contributed by atoms with Gasteiger partial charge in [-0.1, -0.05) is 72.8 Å². The van der Waals surface area contributed by atoms with Crippen molar-refractivity contribution in [3.8, 4) is 0 Å². The van der Waals surface area contributed by atoms with Gasteiger partial charge in [-0.15, -0.1) is 0 Å². The summed E-state index contributed by atoms with van der Waals surface area (Å²) < 4.78 is 0. The maximum Gasteiger partial charge on any atom is 0.232 e. The first-order chi connectivity index (χ1) is 14.0. The van der Waals surface area contributed by atoms with Crippen LogP contribution in [-0.4, -0.2) is 21.8 Å². The van der Waals surface area contributed by atoms with Crippen molar-refractivity contribution in [1.82, 2.24) is 0 Å². The summed E-state index contributed by atoms with van der Waals surface area (Å²) in [5, 5.41) is 22.9. The normalized spacial score (nSPS) is 15.4. The van der Waals surface area contributed by atoms with Gasteiger partial charge in [0.15, 0.2) is 11.5 Å². The number of carbonyl (C=O) groups is 2. The lowest BCUT2D eigenvalue weighted by atomic mass is 9.85. The molecule has 0 heterocycles. The Morgan fingerprint density at radius 1 is 0.759 bits per heavy atom. The van der Waals surface area contributed by atoms with Crippen molar-refractivity contribution in [2.75, 3.05) is 0 Å². The van der Waals surface area contributed by atoms with E-state index in [1.54, 1.807) is 31.2 Å². The van der Waals surface area contributed by atoms with Crippen molar-refractivity contribution < 1.29 is 19.8 Å². The number of fused-ring (bicyclic) bond motifs is 1. The first-order valence-electron chi connectivity index (χ1n) is 9.16. The van der Waals surface area contributed by atoms with Gasteiger partial charge in [-0.2, -0.15) is 0 Å². The van der Waals surface area contributed by atoms with E-state index in [1.165, 1.54) is 0 Å². The van der Waals surface area contributed by atoms with Gasteiger partial charge in [-0.05, 0) is 40.5 Å². The lowest BCUT2D eigenvalue weighted by Crippen LogP contribution is -2.24. The molecule has 0 bridgehead atoms. The molecule has 3 aromatic rings. The van der Waals surface area contributed by atoms with E-state index in [4.69, 9.17) is 0 Å². The number of aliphatic hydroxyl groups excluding tert-OH is 2. The highest BCUT2D eigenvalue weighted by Crippen LogP contribution is 2.33. The number of benzene rings is 3. The van der Waals surface area contributed by atoms with Crippen LogP contribution in [0.25, 0.3) is 22.4 Å². The number of hydrogen-bond acceptors (Lipinski definition) is 4. The lowest BCUT2D eigenvalue weighted by Gasteiger charge is -2.19. The van der Waals surface area contributed by atoms with Crippen LogP contribution in [-0.2, 0) is 9.59 Å². The molecule has 142 valence electrons. The number of ketones is 2. The van der Waals surface area contributed by atoms with Gasteiger partial charge in [0.2, 0.25) is 11.6 Å². The van der Waals surface area contributed by atoms with Gasteiger partial charge in [-0.3, -0.25) is 9.59 Å². The summed E-state index contributed by atoms with van der Waals surface area (Å²) in [6.45, 7) is 1.62. The monoisotopic (exact) mass is 382 g/mol. The van der Waals surface area contributed by atoms with Crippen LogP contribution >= 0.6 is 0 Å². The van der Waals surface area contributed by atoms with Crippen LogP contribution in [0.3, 0.4) is 0 Å². The number of hydrogen-bond donors (Lipinski definition) is 2. The summed E-state index contributed by atoms with van der Waals surface area (Å²) in [6, 6.07) is 22.0. The predicted octanol–water partition coefficient (Wildman–Crippen LogP) is 5.18. The predicted molar refractivity (Wildman–Crippen MR) is 113 cm³/mol. The first-order valence-corrected chi connectivity index (χ1v) is 9.16. The lowest BCUT2D eigenvalue weighted by molar-refractivity contribution is -0.118. The molecule has 4 nitrogen and oxygen atoms in total. The van der Waals surface area contributed by atoms with E-state index in [2.05, 4.69) is 0 Å². The van der Waals surface area contributed by atoms with E-state index >= 15 is 0 Å². The maximum absolute atomic E-state index is 12.9. The second kappa shape index (κ2) is 7.24. The summed E-state index contributed by atoms with van der Waals surface area (Å²) in [6.07, 6.45) is 1.69. The van der Waals surface area contributed by atoms with Crippen molar-refractivity contribution in [2.45, 2.75) is 6.92 Å². The minimum absolute atomic E-state index is 0.180. The standard InChI is InChI=1S/C25H18O4/c1-15(13-16-7-3-2-4-8-16)20-22(26)24(28)21(25(29)23(20)27)19-12-11-17-9-5-6-10-18(17)14-19/h2-14,26,29H,1H3/b15-13-. The zero-order valence-electron chi connectivity index (χ0n) is 15.7. The van der Waals surface area contributed by atoms with E-state index in [0.29, 0.717) is 11.1 Å². The van der Waals surface area contributed by atoms with E-state index in [1.807, 2.05) is 54.6 Å². The number of carbonyl (C=O) groups excluding carboxylic acids is 2. The summed E-state index contributed by atoms with van der Waals surface area (Å²) in [5.41, 5.74) is 1.23. The van der Waals surface area contributed by atoms with Crippen molar-refractivity contribution >= 4 is 34.0 Å². The molecule has 3 aromatic carbocycles. The number of allylic oxidation sites excluding steroid dienone is 3. The summed E-state index contributed by atoms with van der Waals surface area (Å²) >= 11 is 0. The van der Waals surface area contributed by atoms with Crippen molar-refractivity contribution in [3.05, 3.63) is 107 Å². The molecule has 29 heavy (non-hydrogen) atoms. The maximum atomic E-state index is 12.9. The van der Waals surface area contributed by atoms with E-state index in [0.717, 1.165) is 16.3 Å². The average Bonchev–Trinajstić information content (AvgIpc) is 2.73. The highest BCUT2D eigenvalue weighted by atomic mass is 16.3. The first kappa shape index (κ1) is 18.4. The zero-order chi connectivity index (χ0) is 20.5. The van der Waals surface area contributed by atoms with Gasteiger partial charge in [0.05, 0.1) is 11.1 Å².